The molecule has 3 nitrogen and oxygen atoms in total. The van der Waals surface area contributed by atoms with Gasteiger partial charge in [0.2, 0.25) is 0 Å². The Balaban J connectivity index is 1.42. The molecule has 0 radical (unpaired) electrons. The summed E-state index contributed by atoms with van der Waals surface area (Å²) in [5.41, 5.74) is 0.864. The minimum absolute atomic E-state index is 0.0956. The van der Waals surface area contributed by atoms with Gasteiger partial charge in [0.05, 0.1) is 11.7 Å². The van der Waals surface area contributed by atoms with E-state index in [9.17, 15) is 4.79 Å². The molecule has 4 saturated carbocycles. The number of ether oxygens (including phenoxy) is 2. The third kappa shape index (κ3) is 2.17. The first kappa shape index (κ1) is 16.6. The standard InChI is InChI=1S/C22H34O3/c1-13(23)24-18-8-7-16-15-6-5-14-11-19-22(4,25-19)12-21(14,3)17(15)9-10-20(16,18)2/h14-19H,5-12H2,1-4H3/t14-,15-,16-,17-,18-,19-,20-,21-,22+/m0/s1. The van der Waals surface area contributed by atoms with Gasteiger partial charge in [-0.3, -0.25) is 4.79 Å². The summed E-state index contributed by atoms with van der Waals surface area (Å²) in [6.45, 7) is 8.94. The van der Waals surface area contributed by atoms with Crippen molar-refractivity contribution in [3.05, 3.63) is 0 Å². The summed E-state index contributed by atoms with van der Waals surface area (Å²) >= 11 is 0. The molecule has 1 aliphatic heterocycles. The van der Waals surface area contributed by atoms with Crippen molar-refractivity contribution in [1.29, 1.82) is 0 Å². The largest absolute Gasteiger partial charge is 0.462 e. The summed E-state index contributed by atoms with van der Waals surface area (Å²) in [6.07, 6.45) is 10.9. The molecule has 140 valence electrons. The van der Waals surface area contributed by atoms with E-state index in [4.69, 9.17) is 9.47 Å². The van der Waals surface area contributed by atoms with E-state index in [1.807, 2.05) is 0 Å². The Morgan fingerprint density at radius 3 is 2.52 bits per heavy atom. The van der Waals surface area contributed by atoms with Crippen molar-refractivity contribution >= 4 is 5.97 Å². The van der Waals surface area contributed by atoms with Crippen LogP contribution in [-0.2, 0) is 14.3 Å². The predicted octanol–water partition coefficient (Wildman–Crippen LogP) is 4.73. The summed E-state index contributed by atoms with van der Waals surface area (Å²) in [5.74, 6) is 3.20. The van der Waals surface area contributed by atoms with E-state index in [2.05, 4.69) is 20.8 Å². The van der Waals surface area contributed by atoms with Crippen LogP contribution in [0, 0.1) is 34.5 Å². The lowest BCUT2D eigenvalue weighted by molar-refractivity contribution is -0.161. The Bertz CT molecular complexity index is 602. The number of carbonyl (C=O) groups is 1. The van der Waals surface area contributed by atoms with Gasteiger partial charge >= 0.3 is 5.97 Å². The van der Waals surface area contributed by atoms with E-state index in [1.165, 1.54) is 44.9 Å². The molecule has 5 rings (SSSR count). The van der Waals surface area contributed by atoms with Crippen LogP contribution >= 0.6 is 0 Å². The van der Waals surface area contributed by atoms with Crippen LogP contribution in [0.2, 0.25) is 0 Å². The zero-order chi connectivity index (χ0) is 17.6. The second-order valence-corrected chi connectivity index (χ2v) is 10.7. The molecular weight excluding hydrogens is 312 g/mol. The molecular formula is C22H34O3. The van der Waals surface area contributed by atoms with Crippen LogP contribution in [0.1, 0.15) is 79.1 Å². The van der Waals surface area contributed by atoms with Gasteiger partial charge in [0.1, 0.15) is 6.10 Å². The third-order valence-corrected chi connectivity index (χ3v) is 9.55. The van der Waals surface area contributed by atoms with Gasteiger partial charge in [-0.1, -0.05) is 13.8 Å². The lowest BCUT2D eigenvalue weighted by atomic mass is 9.44. The molecule has 0 amide bonds. The van der Waals surface area contributed by atoms with Crippen LogP contribution in [0.5, 0.6) is 0 Å². The molecule has 1 heterocycles. The van der Waals surface area contributed by atoms with Crippen LogP contribution < -0.4 is 0 Å². The van der Waals surface area contributed by atoms with Gasteiger partial charge < -0.3 is 9.47 Å². The van der Waals surface area contributed by atoms with Crippen LogP contribution in [0.25, 0.3) is 0 Å². The maximum Gasteiger partial charge on any atom is 0.302 e. The van der Waals surface area contributed by atoms with Crippen LogP contribution in [0.3, 0.4) is 0 Å². The smallest absolute Gasteiger partial charge is 0.302 e. The van der Waals surface area contributed by atoms with E-state index in [0.717, 1.165) is 30.1 Å². The Hall–Kier alpha value is -0.570. The summed E-state index contributed by atoms with van der Waals surface area (Å²) < 4.78 is 11.9. The van der Waals surface area contributed by atoms with Gasteiger partial charge in [-0.25, -0.2) is 0 Å². The van der Waals surface area contributed by atoms with E-state index in [1.54, 1.807) is 6.92 Å². The van der Waals surface area contributed by atoms with Gasteiger partial charge in [-0.2, -0.15) is 0 Å². The molecule has 25 heavy (non-hydrogen) atoms. The minimum Gasteiger partial charge on any atom is -0.462 e. The topological polar surface area (TPSA) is 38.8 Å². The maximum absolute atomic E-state index is 11.6. The first-order valence-electron chi connectivity index (χ1n) is 10.6. The molecule has 3 heteroatoms. The first-order chi connectivity index (χ1) is 11.8. The number of rotatable bonds is 1. The highest BCUT2D eigenvalue weighted by atomic mass is 16.6. The molecule has 1 saturated heterocycles. The quantitative estimate of drug-likeness (QED) is 0.509. The van der Waals surface area contributed by atoms with Gasteiger partial charge in [0, 0.05) is 12.3 Å². The molecule has 0 spiro atoms. The zero-order valence-corrected chi connectivity index (χ0v) is 16.3. The minimum atomic E-state index is -0.0956. The summed E-state index contributed by atoms with van der Waals surface area (Å²) in [4.78, 5) is 11.6. The van der Waals surface area contributed by atoms with Crippen LogP contribution in [-0.4, -0.2) is 23.8 Å². The van der Waals surface area contributed by atoms with Crippen LogP contribution in [0.15, 0.2) is 0 Å². The number of hydrogen-bond acceptors (Lipinski definition) is 3. The van der Waals surface area contributed by atoms with Gasteiger partial charge in [-0.15, -0.1) is 0 Å². The number of esters is 1. The maximum atomic E-state index is 11.6. The highest BCUT2D eigenvalue weighted by Crippen LogP contribution is 2.69. The molecule has 0 unspecified atom stereocenters. The number of carbonyl (C=O) groups excluding carboxylic acids is 1. The van der Waals surface area contributed by atoms with Crippen molar-refractivity contribution in [2.24, 2.45) is 34.5 Å². The van der Waals surface area contributed by atoms with Gasteiger partial charge in [0.25, 0.3) is 0 Å². The Labute approximate surface area is 152 Å². The summed E-state index contributed by atoms with van der Waals surface area (Å²) in [6, 6.07) is 0. The van der Waals surface area contributed by atoms with Crippen molar-refractivity contribution in [3.8, 4) is 0 Å². The monoisotopic (exact) mass is 346 g/mol. The number of hydrogen-bond donors (Lipinski definition) is 0. The second-order valence-electron chi connectivity index (χ2n) is 10.7. The van der Waals surface area contributed by atoms with Crippen LogP contribution in [0.4, 0.5) is 0 Å². The lowest BCUT2D eigenvalue weighted by Gasteiger charge is -2.60. The molecule has 0 aromatic rings. The third-order valence-electron chi connectivity index (χ3n) is 9.55. The highest BCUT2D eigenvalue weighted by molar-refractivity contribution is 5.66. The first-order valence-corrected chi connectivity index (χ1v) is 10.6. The molecule has 0 aromatic carbocycles. The number of fused-ring (bicyclic) bond motifs is 6. The molecule has 5 fully saturated rings. The fraction of sp³-hybridized carbons (Fsp3) is 0.955. The normalized spacial score (nSPS) is 59.2. The zero-order valence-electron chi connectivity index (χ0n) is 16.3. The molecule has 0 bridgehead atoms. The molecule has 9 atom stereocenters. The molecule has 0 N–H and O–H groups in total. The van der Waals surface area contributed by atoms with Crippen molar-refractivity contribution in [2.75, 3.05) is 0 Å². The SMILES string of the molecule is CC(=O)O[C@H]1CC[C@H]2[C@@H]3CC[C@H]4C[C@@H]5O[C@]5(C)C[C@]4(C)[C@H]3CC[C@]12C. The molecule has 4 aliphatic carbocycles. The average molecular weight is 347 g/mol. The van der Waals surface area contributed by atoms with Crippen molar-refractivity contribution in [3.63, 3.8) is 0 Å². The molecule has 5 aliphatic rings. The average Bonchev–Trinajstić information content (AvgIpc) is 3.06. The van der Waals surface area contributed by atoms with Crippen molar-refractivity contribution in [2.45, 2.75) is 96.9 Å². The van der Waals surface area contributed by atoms with E-state index < -0.39 is 0 Å². The Morgan fingerprint density at radius 1 is 1.00 bits per heavy atom. The fourth-order valence-corrected chi connectivity index (χ4v) is 8.30. The highest BCUT2D eigenvalue weighted by Gasteiger charge is 2.67. The number of epoxide rings is 1. The Kier molecular flexibility index (Phi) is 3.34. The van der Waals surface area contributed by atoms with Gasteiger partial charge in [-0.05, 0) is 87.4 Å². The van der Waals surface area contributed by atoms with E-state index in [0.29, 0.717) is 11.5 Å². The fourth-order valence-electron chi connectivity index (χ4n) is 8.30. The summed E-state index contributed by atoms with van der Waals surface area (Å²) in [5, 5.41) is 0. The summed E-state index contributed by atoms with van der Waals surface area (Å²) in [7, 11) is 0. The Morgan fingerprint density at radius 2 is 1.76 bits per heavy atom. The van der Waals surface area contributed by atoms with Crippen molar-refractivity contribution < 1.29 is 14.3 Å². The second kappa shape index (κ2) is 5.03. The predicted molar refractivity (Wildman–Crippen MR) is 95.9 cm³/mol. The van der Waals surface area contributed by atoms with E-state index >= 15 is 0 Å². The molecule has 0 aromatic heterocycles. The van der Waals surface area contributed by atoms with Crippen molar-refractivity contribution in [1.82, 2.24) is 0 Å². The lowest BCUT2D eigenvalue weighted by Crippen LogP contribution is -2.55. The van der Waals surface area contributed by atoms with Gasteiger partial charge in [0.15, 0.2) is 0 Å². The van der Waals surface area contributed by atoms with E-state index in [-0.39, 0.29) is 23.1 Å².